The van der Waals surface area contributed by atoms with Gasteiger partial charge in [0, 0.05) is 16.9 Å². The first-order chi connectivity index (χ1) is 8.08. The highest BCUT2D eigenvalue weighted by atomic mass is 79.9. The molecule has 0 saturated carbocycles. The molecule has 3 nitrogen and oxygen atoms in total. The third-order valence-electron chi connectivity index (χ3n) is 2.28. The van der Waals surface area contributed by atoms with Crippen molar-refractivity contribution in [2.45, 2.75) is 6.92 Å². The highest BCUT2D eigenvalue weighted by Crippen LogP contribution is 2.22. The molecule has 0 spiro atoms. The van der Waals surface area contributed by atoms with Gasteiger partial charge in [0.05, 0.1) is 12.7 Å². The molecular formula is C12H15BrClNO2. The van der Waals surface area contributed by atoms with E-state index in [9.17, 15) is 4.79 Å². The molecular weight excluding hydrogens is 305 g/mol. The van der Waals surface area contributed by atoms with Crippen molar-refractivity contribution in [2.75, 3.05) is 19.0 Å². The summed E-state index contributed by atoms with van der Waals surface area (Å²) >= 11 is 9.23. The molecule has 0 radical (unpaired) electrons. The number of ether oxygens (including phenoxy) is 1. The minimum absolute atomic E-state index is 0.169. The molecule has 0 heterocycles. The van der Waals surface area contributed by atoms with Crippen LogP contribution in [0.5, 0.6) is 5.75 Å². The second-order valence-electron chi connectivity index (χ2n) is 3.81. The van der Waals surface area contributed by atoms with Gasteiger partial charge in [-0.3, -0.25) is 4.79 Å². The molecule has 94 valence electrons. The fourth-order valence-electron chi connectivity index (χ4n) is 1.27. The number of nitrogens with one attached hydrogen (secondary N) is 1. The maximum atomic E-state index is 11.9. The molecule has 0 aliphatic carbocycles. The molecule has 1 atom stereocenters. The molecule has 1 aromatic carbocycles. The van der Waals surface area contributed by atoms with E-state index in [1.54, 1.807) is 18.2 Å². The monoisotopic (exact) mass is 319 g/mol. The zero-order valence-corrected chi connectivity index (χ0v) is 12.1. The average molecular weight is 321 g/mol. The van der Waals surface area contributed by atoms with Crippen LogP contribution < -0.4 is 10.1 Å². The van der Waals surface area contributed by atoms with Crippen LogP contribution >= 0.6 is 27.5 Å². The Kier molecular flexibility index (Phi) is 5.78. The number of amides is 1. The average Bonchev–Trinajstić information content (AvgIpc) is 2.35. The highest BCUT2D eigenvalue weighted by Gasteiger charge is 2.13. The Bertz CT molecular complexity index is 398. The largest absolute Gasteiger partial charge is 0.496 e. The molecule has 0 aliphatic heterocycles. The highest BCUT2D eigenvalue weighted by molar-refractivity contribution is 9.09. The lowest BCUT2D eigenvalue weighted by Crippen LogP contribution is -2.29. The van der Waals surface area contributed by atoms with Crippen LogP contribution in [-0.4, -0.2) is 24.9 Å². The first-order valence-corrected chi connectivity index (χ1v) is 6.76. The van der Waals surface area contributed by atoms with Gasteiger partial charge in [0.15, 0.2) is 0 Å². The van der Waals surface area contributed by atoms with Crippen LogP contribution in [0.25, 0.3) is 0 Å². The van der Waals surface area contributed by atoms with Crippen molar-refractivity contribution in [3.05, 3.63) is 28.8 Å². The van der Waals surface area contributed by atoms with Crippen molar-refractivity contribution < 1.29 is 9.53 Å². The van der Waals surface area contributed by atoms with E-state index in [1.807, 2.05) is 6.92 Å². The van der Waals surface area contributed by atoms with Crippen molar-refractivity contribution in [1.82, 2.24) is 5.32 Å². The number of methoxy groups -OCH3 is 1. The Morgan fingerprint density at radius 1 is 1.59 bits per heavy atom. The zero-order valence-electron chi connectivity index (χ0n) is 9.80. The van der Waals surface area contributed by atoms with Gasteiger partial charge in [-0.2, -0.15) is 0 Å². The molecule has 1 amide bonds. The Balaban J connectivity index is 2.77. The summed E-state index contributed by atoms with van der Waals surface area (Å²) in [7, 11) is 1.53. The Hall–Kier alpha value is -0.740. The van der Waals surface area contributed by atoms with Gasteiger partial charge < -0.3 is 10.1 Å². The summed E-state index contributed by atoms with van der Waals surface area (Å²) < 4.78 is 5.13. The van der Waals surface area contributed by atoms with Crippen LogP contribution in [-0.2, 0) is 0 Å². The second kappa shape index (κ2) is 6.87. The van der Waals surface area contributed by atoms with Crippen LogP contribution in [0.15, 0.2) is 18.2 Å². The first kappa shape index (κ1) is 14.3. The SMILES string of the molecule is COc1ccc(Cl)cc1C(=O)NCC(C)CBr. The molecule has 0 saturated heterocycles. The summed E-state index contributed by atoms with van der Waals surface area (Å²) in [4.78, 5) is 11.9. The Labute approximate surface area is 115 Å². The van der Waals surface area contributed by atoms with Gasteiger partial charge >= 0.3 is 0 Å². The molecule has 0 fully saturated rings. The maximum absolute atomic E-state index is 11.9. The van der Waals surface area contributed by atoms with Gasteiger partial charge in [-0.1, -0.05) is 34.5 Å². The molecule has 17 heavy (non-hydrogen) atoms. The van der Waals surface area contributed by atoms with Crippen molar-refractivity contribution in [3.8, 4) is 5.75 Å². The van der Waals surface area contributed by atoms with E-state index in [0.717, 1.165) is 5.33 Å². The molecule has 5 heteroatoms. The second-order valence-corrected chi connectivity index (χ2v) is 4.90. The van der Waals surface area contributed by atoms with Crippen LogP contribution in [0.3, 0.4) is 0 Å². The fraction of sp³-hybridized carbons (Fsp3) is 0.417. The number of hydrogen-bond donors (Lipinski definition) is 1. The molecule has 1 unspecified atom stereocenters. The van der Waals surface area contributed by atoms with Crippen LogP contribution in [0, 0.1) is 5.92 Å². The quantitative estimate of drug-likeness (QED) is 0.847. The summed E-state index contributed by atoms with van der Waals surface area (Å²) in [6, 6.07) is 4.98. The molecule has 0 aromatic heterocycles. The van der Waals surface area contributed by atoms with Gasteiger partial charge in [-0.05, 0) is 24.1 Å². The van der Waals surface area contributed by atoms with Crippen molar-refractivity contribution in [1.29, 1.82) is 0 Å². The predicted octanol–water partition coefficient (Wildman–Crippen LogP) is 3.11. The van der Waals surface area contributed by atoms with E-state index in [0.29, 0.717) is 28.8 Å². The lowest BCUT2D eigenvalue weighted by molar-refractivity contribution is 0.0946. The van der Waals surface area contributed by atoms with Crippen LogP contribution in [0.4, 0.5) is 0 Å². The minimum Gasteiger partial charge on any atom is -0.496 e. The van der Waals surface area contributed by atoms with Crippen LogP contribution in [0.1, 0.15) is 17.3 Å². The maximum Gasteiger partial charge on any atom is 0.255 e. The number of benzene rings is 1. The topological polar surface area (TPSA) is 38.3 Å². The molecule has 0 aliphatic rings. The molecule has 0 bridgehead atoms. The number of alkyl halides is 1. The van der Waals surface area contributed by atoms with Gasteiger partial charge in [0.1, 0.15) is 5.75 Å². The third kappa shape index (κ3) is 4.21. The minimum atomic E-state index is -0.169. The molecule has 1 N–H and O–H groups in total. The van der Waals surface area contributed by atoms with Crippen molar-refractivity contribution in [2.24, 2.45) is 5.92 Å². The zero-order chi connectivity index (χ0) is 12.8. The summed E-state index contributed by atoms with van der Waals surface area (Å²) in [5.41, 5.74) is 0.460. The smallest absolute Gasteiger partial charge is 0.255 e. The summed E-state index contributed by atoms with van der Waals surface area (Å²) in [6.07, 6.45) is 0. The van der Waals surface area contributed by atoms with E-state index >= 15 is 0 Å². The fourth-order valence-corrected chi connectivity index (χ4v) is 1.68. The number of rotatable bonds is 5. The van der Waals surface area contributed by atoms with Gasteiger partial charge in [0.2, 0.25) is 0 Å². The van der Waals surface area contributed by atoms with E-state index in [2.05, 4.69) is 21.2 Å². The normalized spacial score (nSPS) is 12.0. The molecule has 1 aromatic rings. The summed E-state index contributed by atoms with van der Waals surface area (Å²) in [5, 5.41) is 4.21. The van der Waals surface area contributed by atoms with E-state index in [1.165, 1.54) is 7.11 Å². The summed E-state index contributed by atoms with van der Waals surface area (Å²) in [6.45, 7) is 2.66. The molecule has 1 rings (SSSR count). The standard InChI is InChI=1S/C12H15BrClNO2/c1-8(6-13)7-15-12(16)10-5-9(14)3-4-11(10)17-2/h3-5,8H,6-7H2,1-2H3,(H,15,16). The van der Waals surface area contributed by atoms with Gasteiger partial charge in [0.25, 0.3) is 5.91 Å². The van der Waals surface area contributed by atoms with Crippen molar-refractivity contribution in [3.63, 3.8) is 0 Å². The van der Waals surface area contributed by atoms with Crippen molar-refractivity contribution >= 4 is 33.4 Å². The first-order valence-electron chi connectivity index (χ1n) is 5.26. The van der Waals surface area contributed by atoms with E-state index in [4.69, 9.17) is 16.3 Å². The van der Waals surface area contributed by atoms with Gasteiger partial charge in [-0.25, -0.2) is 0 Å². The number of carbonyl (C=O) groups excluding carboxylic acids is 1. The number of carbonyl (C=O) groups is 1. The Morgan fingerprint density at radius 2 is 2.29 bits per heavy atom. The van der Waals surface area contributed by atoms with Gasteiger partial charge in [-0.15, -0.1) is 0 Å². The summed E-state index contributed by atoms with van der Waals surface area (Å²) in [5.74, 6) is 0.736. The number of halogens is 2. The van der Waals surface area contributed by atoms with Crippen LogP contribution in [0.2, 0.25) is 5.02 Å². The number of hydrogen-bond acceptors (Lipinski definition) is 2. The Morgan fingerprint density at radius 3 is 2.88 bits per heavy atom. The van der Waals surface area contributed by atoms with E-state index in [-0.39, 0.29) is 5.91 Å². The van der Waals surface area contributed by atoms with E-state index < -0.39 is 0 Å². The lowest BCUT2D eigenvalue weighted by Gasteiger charge is -2.12. The predicted molar refractivity (Wildman–Crippen MR) is 73.3 cm³/mol. The lowest BCUT2D eigenvalue weighted by atomic mass is 10.1. The third-order valence-corrected chi connectivity index (χ3v) is 3.62.